The first-order chi connectivity index (χ1) is 10.6. The van der Waals surface area contributed by atoms with Gasteiger partial charge in [-0.1, -0.05) is 6.07 Å². The average Bonchev–Trinajstić information content (AvgIpc) is 3.21. The highest BCUT2D eigenvalue weighted by atomic mass is 32.2. The molecule has 0 radical (unpaired) electrons. The smallest absolute Gasteiger partial charge is 0.253 e. The van der Waals surface area contributed by atoms with Gasteiger partial charge in [0, 0.05) is 25.4 Å². The van der Waals surface area contributed by atoms with E-state index in [2.05, 4.69) is 5.32 Å². The van der Waals surface area contributed by atoms with Crippen LogP contribution in [0.15, 0.2) is 29.2 Å². The van der Waals surface area contributed by atoms with E-state index in [9.17, 15) is 13.2 Å². The highest BCUT2D eigenvalue weighted by Crippen LogP contribution is 2.23. The number of nitrogens with zero attached hydrogens (tertiary/aromatic N) is 1. The summed E-state index contributed by atoms with van der Waals surface area (Å²) in [5.41, 5.74) is 0.487. The lowest BCUT2D eigenvalue weighted by Gasteiger charge is -2.16. The van der Waals surface area contributed by atoms with E-state index in [1.54, 1.807) is 18.2 Å². The molecule has 1 amide bonds. The van der Waals surface area contributed by atoms with Gasteiger partial charge in [-0.25, -0.2) is 8.42 Å². The second-order valence-corrected chi connectivity index (χ2v) is 7.57. The fourth-order valence-corrected chi connectivity index (χ4v) is 4.38. The summed E-state index contributed by atoms with van der Waals surface area (Å²) in [6.07, 6.45) is 2.95. The molecule has 0 saturated carbocycles. The SMILES string of the molecule is O=C(Nc1cccc(S(=O)(=O)N2CCCC2)c1)[C@H]1CCCO1. The van der Waals surface area contributed by atoms with Gasteiger partial charge in [0.25, 0.3) is 5.91 Å². The molecule has 1 atom stereocenters. The van der Waals surface area contributed by atoms with Crippen molar-refractivity contribution in [3.63, 3.8) is 0 Å². The van der Waals surface area contributed by atoms with Gasteiger partial charge in [-0.2, -0.15) is 4.31 Å². The van der Waals surface area contributed by atoms with Crippen LogP contribution in [0.5, 0.6) is 0 Å². The molecule has 2 aliphatic heterocycles. The van der Waals surface area contributed by atoms with Crippen molar-refractivity contribution in [2.24, 2.45) is 0 Å². The van der Waals surface area contributed by atoms with Crippen molar-refractivity contribution in [2.75, 3.05) is 25.0 Å². The monoisotopic (exact) mass is 324 g/mol. The zero-order valence-electron chi connectivity index (χ0n) is 12.3. The van der Waals surface area contributed by atoms with Gasteiger partial charge in [0.2, 0.25) is 10.0 Å². The molecule has 0 spiro atoms. The number of carbonyl (C=O) groups excluding carboxylic acids is 1. The van der Waals surface area contributed by atoms with Gasteiger partial charge in [0.15, 0.2) is 0 Å². The van der Waals surface area contributed by atoms with Crippen molar-refractivity contribution in [1.29, 1.82) is 0 Å². The molecule has 0 bridgehead atoms. The number of hydrogen-bond acceptors (Lipinski definition) is 4. The van der Waals surface area contributed by atoms with E-state index in [1.807, 2.05) is 0 Å². The van der Waals surface area contributed by atoms with Gasteiger partial charge in [0.1, 0.15) is 6.10 Å². The number of carbonyl (C=O) groups is 1. The zero-order valence-corrected chi connectivity index (χ0v) is 13.1. The molecule has 3 rings (SSSR count). The summed E-state index contributed by atoms with van der Waals surface area (Å²) < 4.78 is 31.9. The maximum Gasteiger partial charge on any atom is 0.253 e. The van der Waals surface area contributed by atoms with Crippen LogP contribution in [-0.2, 0) is 19.6 Å². The molecule has 7 heteroatoms. The predicted octanol–water partition coefficient (Wildman–Crippen LogP) is 1.59. The van der Waals surface area contributed by atoms with Crippen LogP contribution in [0.1, 0.15) is 25.7 Å². The topological polar surface area (TPSA) is 75.7 Å². The quantitative estimate of drug-likeness (QED) is 0.912. The van der Waals surface area contributed by atoms with Crippen LogP contribution in [0.3, 0.4) is 0 Å². The van der Waals surface area contributed by atoms with Crippen LogP contribution >= 0.6 is 0 Å². The van der Waals surface area contributed by atoms with E-state index in [0.29, 0.717) is 31.8 Å². The van der Waals surface area contributed by atoms with Crippen LogP contribution in [0.2, 0.25) is 0 Å². The molecule has 1 N–H and O–H groups in total. The molecule has 2 saturated heterocycles. The molecule has 1 aromatic rings. The minimum atomic E-state index is -3.47. The summed E-state index contributed by atoms with van der Waals surface area (Å²) in [4.78, 5) is 12.3. The second kappa shape index (κ2) is 6.36. The Balaban J connectivity index is 1.76. The first-order valence-corrected chi connectivity index (χ1v) is 9.04. The van der Waals surface area contributed by atoms with E-state index in [-0.39, 0.29) is 10.8 Å². The number of nitrogens with one attached hydrogen (secondary N) is 1. The predicted molar refractivity (Wildman–Crippen MR) is 82.0 cm³/mol. The van der Waals surface area contributed by atoms with Crippen molar-refractivity contribution >= 4 is 21.6 Å². The molecular formula is C15H20N2O4S. The van der Waals surface area contributed by atoms with Gasteiger partial charge in [-0.15, -0.1) is 0 Å². The largest absolute Gasteiger partial charge is 0.368 e. The standard InChI is InChI=1S/C15H20N2O4S/c18-15(14-7-4-10-21-14)16-12-5-3-6-13(11-12)22(19,20)17-8-1-2-9-17/h3,5-6,11,14H,1-2,4,7-10H2,(H,16,18)/t14-/m1/s1. The summed E-state index contributed by atoms with van der Waals surface area (Å²) in [6.45, 7) is 1.73. The molecular weight excluding hydrogens is 304 g/mol. The molecule has 6 nitrogen and oxygen atoms in total. The van der Waals surface area contributed by atoms with Gasteiger partial charge < -0.3 is 10.1 Å². The Morgan fingerprint density at radius 1 is 1.23 bits per heavy atom. The molecule has 22 heavy (non-hydrogen) atoms. The normalized spacial score (nSPS) is 22.8. The van der Waals surface area contributed by atoms with Crippen molar-refractivity contribution in [2.45, 2.75) is 36.7 Å². The number of hydrogen-bond donors (Lipinski definition) is 1. The van der Waals surface area contributed by atoms with Crippen LogP contribution in [0.25, 0.3) is 0 Å². The minimum absolute atomic E-state index is 0.215. The fourth-order valence-electron chi connectivity index (χ4n) is 2.82. The summed E-state index contributed by atoms with van der Waals surface area (Å²) in [5, 5.41) is 2.74. The maximum absolute atomic E-state index is 12.5. The fraction of sp³-hybridized carbons (Fsp3) is 0.533. The third-order valence-electron chi connectivity index (χ3n) is 4.03. The minimum Gasteiger partial charge on any atom is -0.368 e. The number of benzene rings is 1. The number of amides is 1. The summed E-state index contributed by atoms with van der Waals surface area (Å²) in [7, 11) is -3.47. The van der Waals surface area contributed by atoms with Gasteiger partial charge in [0.05, 0.1) is 4.90 Å². The first-order valence-electron chi connectivity index (χ1n) is 7.60. The highest BCUT2D eigenvalue weighted by molar-refractivity contribution is 7.89. The first kappa shape index (κ1) is 15.5. The summed E-state index contributed by atoms with van der Waals surface area (Å²) >= 11 is 0. The third kappa shape index (κ3) is 3.16. The lowest BCUT2D eigenvalue weighted by atomic mass is 10.2. The molecule has 2 aliphatic rings. The van der Waals surface area contributed by atoms with Crippen LogP contribution in [0.4, 0.5) is 5.69 Å². The molecule has 2 heterocycles. The van der Waals surface area contributed by atoms with Gasteiger partial charge in [-0.05, 0) is 43.9 Å². The second-order valence-electron chi connectivity index (χ2n) is 5.63. The van der Waals surface area contributed by atoms with Gasteiger partial charge in [-0.3, -0.25) is 4.79 Å². The Labute approximate surface area is 130 Å². The molecule has 0 unspecified atom stereocenters. The highest BCUT2D eigenvalue weighted by Gasteiger charge is 2.28. The third-order valence-corrected chi connectivity index (χ3v) is 5.92. The van der Waals surface area contributed by atoms with Crippen molar-refractivity contribution < 1.29 is 17.9 Å². The van der Waals surface area contributed by atoms with Crippen LogP contribution in [-0.4, -0.2) is 44.4 Å². The number of sulfonamides is 1. The zero-order chi connectivity index (χ0) is 15.6. The van der Waals surface area contributed by atoms with E-state index in [0.717, 1.165) is 19.3 Å². The van der Waals surface area contributed by atoms with E-state index < -0.39 is 16.1 Å². The number of ether oxygens (including phenoxy) is 1. The lowest BCUT2D eigenvalue weighted by molar-refractivity contribution is -0.124. The average molecular weight is 324 g/mol. The Kier molecular flexibility index (Phi) is 4.46. The summed E-state index contributed by atoms with van der Waals surface area (Å²) in [6, 6.07) is 6.42. The van der Waals surface area contributed by atoms with E-state index in [4.69, 9.17) is 4.74 Å². The van der Waals surface area contributed by atoms with E-state index >= 15 is 0 Å². The van der Waals surface area contributed by atoms with Crippen LogP contribution < -0.4 is 5.32 Å². The molecule has 120 valence electrons. The Morgan fingerprint density at radius 2 is 2.00 bits per heavy atom. The Hall–Kier alpha value is -1.44. The van der Waals surface area contributed by atoms with Crippen molar-refractivity contribution in [3.05, 3.63) is 24.3 Å². The maximum atomic E-state index is 12.5. The number of anilines is 1. The Bertz CT molecular complexity index is 647. The van der Waals surface area contributed by atoms with Gasteiger partial charge >= 0.3 is 0 Å². The molecule has 1 aromatic carbocycles. The molecule has 2 fully saturated rings. The van der Waals surface area contributed by atoms with Crippen molar-refractivity contribution in [3.8, 4) is 0 Å². The Morgan fingerprint density at radius 3 is 2.68 bits per heavy atom. The molecule has 0 aliphatic carbocycles. The number of rotatable bonds is 4. The molecule has 0 aromatic heterocycles. The summed E-state index contributed by atoms with van der Waals surface area (Å²) in [5.74, 6) is -0.215. The van der Waals surface area contributed by atoms with Crippen molar-refractivity contribution in [1.82, 2.24) is 4.31 Å². The van der Waals surface area contributed by atoms with Crippen LogP contribution in [0, 0.1) is 0 Å². The lowest BCUT2D eigenvalue weighted by Crippen LogP contribution is -2.28. The van der Waals surface area contributed by atoms with E-state index in [1.165, 1.54) is 10.4 Å².